The summed E-state index contributed by atoms with van der Waals surface area (Å²) in [6.07, 6.45) is 5.11. The largest absolute Gasteiger partial charge is 0.481 e. The van der Waals surface area contributed by atoms with Gasteiger partial charge in [0.05, 0.1) is 0 Å². The average Bonchev–Trinajstić information content (AvgIpc) is 3.23. The van der Waals surface area contributed by atoms with Crippen LogP contribution in [0.25, 0.3) is 10.1 Å². The number of aliphatic hydroxyl groups excluding tert-OH is 1. The van der Waals surface area contributed by atoms with Crippen molar-refractivity contribution >= 4 is 33.2 Å². The standard InChI is InChI=1S/C23H27FO4S/c24-18-14-20(26)17(16(18)8-3-1-2-4-10-23(27)28)11-12-19(25)22-13-15-7-5-6-9-21(15)29-22/h5-7,9,11-13,16-19,25H,1-4,8,10,14H2,(H,27,28)/t16-,17+,18+,19-/m1/s1. The molecular formula is C23H27FO4S. The third kappa shape index (κ3) is 5.73. The Balaban J connectivity index is 1.56. The number of halogens is 1. The molecule has 1 aliphatic rings. The Labute approximate surface area is 174 Å². The van der Waals surface area contributed by atoms with Crippen molar-refractivity contribution in [2.24, 2.45) is 11.8 Å². The fourth-order valence-corrected chi connectivity index (χ4v) is 5.06. The monoisotopic (exact) mass is 418 g/mol. The molecule has 4 atom stereocenters. The number of carboxylic acids is 1. The highest BCUT2D eigenvalue weighted by atomic mass is 32.1. The van der Waals surface area contributed by atoms with E-state index in [0.717, 1.165) is 34.2 Å². The molecule has 29 heavy (non-hydrogen) atoms. The summed E-state index contributed by atoms with van der Waals surface area (Å²) in [6.45, 7) is 0. The normalized spacial score (nSPS) is 23.2. The molecular weight excluding hydrogens is 391 g/mol. The van der Waals surface area contributed by atoms with Crippen LogP contribution >= 0.6 is 11.3 Å². The summed E-state index contributed by atoms with van der Waals surface area (Å²) in [5, 5.41) is 20.2. The Morgan fingerprint density at radius 3 is 2.76 bits per heavy atom. The third-order valence-corrected chi connectivity index (χ3v) is 6.80. The number of thiophene rings is 1. The highest BCUT2D eigenvalue weighted by molar-refractivity contribution is 7.19. The van der Waals surface area contributed by atoms with E-state index in [0.29, 0.717) is 12.8 Å². The lowest BCUT2D eigenvalue weighted by Gasteiger charge is -2.17. The van der Waals surface area contributed by atoms with Gasteiger partial charge in [0.15, 0.2) is 0 Å². The molecule has 156 valence electrons. The van der Waals surface area contributed by atoms with E-state index in [4.69, 9.17) is 5.11 Å². The second-order valence-electron chi connectivity index (χ2n) is 7.74. The second kappa shape index (κ2) is 10.1. The van der Waals surface area contributed by atoms with Crippen LogP contribution in [0.5, 0.6) is 0 Å². The number of Topliss-reactive ketones (excluding diaryl/α,β-unsaturated/α-hetero) is 1. The van der Waals surface area contributed by atoms with Gasteiger partial charge in [-0.05, 0) is 30.4 Å². The van der Waals surface area contributed by atoms with Crippen molar-refractivity contribution in [1.82, 2.24) is 0 Å². The van der Waals surface area contributed by atoms with E-state index in [1.807, 2.05) is 30.3 Å². The number of allylic oxidation sites excluding steroid dienone is 1. The molecule has 1 heterocycles. The lowest BCUT2D eigenvalue weighted by Crippen LogP contribution is -2.17. The summed E-state index contributed by atoms with van der Waals surface area (Å²) in [6, 6.07) is 9.84. The fraction of sp³-hybridized carbons (Fsp3) is 0.478. The van der Waals surface area contributed by atoms with Crippen molar-refractivity contribution < 1.29 is 24.2 Å². The van der Waals surface area contributed by atoms with Gasteiger partial charge in [0.1, 0.15) is 18.1 Å². The number of fused-ring (bicyclic) bond motifs is 1. The molecule has 0 radical (unpaired) electrons. The number of rotatable bonds is 10. The fourth-order valence-electron chi connectivity index (χ4n) is 4.03. The molecule has 1 aromatic carbocycles. The van der Waals surface area contributed by atoms with Crippen LogP contribution < -0.4 is 0 Å². The van der Waals surface area contributed by atoms with Crippen LogP contribution in [0.4, 0.5) is 4.39 Å². The Kier molecular flexibility index (Phi) is 7.56. The Morgan fingerprint density at radius 2 is 2.00 bits per heavy atom. The smallest absolute Gasteiger partial charge is 0.303 e. The average molecular weight is 419 g/mol. The van der Waals surface area contributed by atoms with Crippen molar-refractivity contribution in [2.45, 2.75) is 57.2 Å². The van der Waals surface area contributed by atoms with Crippen LogP contribution in [0.1, 0.15) is 55.9 Å². The molecule has 0 aliphatic heterocycles. The molecule has 1 aromatic heterocycles. The van der Waals surface area contributed by atoms with Gasteiger partial charge in [-0.2, -0.15) is 0 Å². The number of hydrogen-bond donors (Lipinski definition) is 2. The molecule has 0 spiro atoms. The topological polar surface area (TPSA) is 74.6 Å². The van der Waals surface area contributed by atoms with E-state index in [1.165, 1.54) is 11.3 Å². The quantitative estimate of drug-likeness (QED) is 0.397. The van der Waals surface area contributed by atoms with Crippen molar-refractivity contribution in [3.05, 3.63) is 47.4 Å². The molecule has 1 saturated carbocycles. The number of hydrogen-bond acceptors (Lipinski definition) is 4. The number of aliphatic carboxylic acids is 1. The minimum absolute atomic E-state index is 0.0579. The van der Waals surface area contributed by atoms with E-state index < -0.39 is 24.2 Å². The minimum Gasteiger partial charge on any atom is -0.481 e. The number of alkyl halides is 1. The molecule has 6 heteroatoms. The molecule has 0 unspecified atom stereocenters. The first-order valence-corrected chi connectivity index (χ1v) is 11.0. The Morgan fingerprint density at radius 1 is 1.24 bits per heavy atom. The van der Waals surface area contributed by atoms with Crippen LogP contribution in [0.3, 0.4) is 0 Å². The highest BCUT2D eigenvalue weighted by Crippen LogP contribution is 2.37. The lowest BCUT2D eigenvalue weighted by atomic mass is 9.88. The molecule has 1 fully saturated rings. The van der Waals surface area contributed by atoms with Crippen LogP contribution in [0.2, 0.25) is 0 Å². The van der Waals surface area contributed by atoms with Gasteiger partial charge in [0, 0.05) is 34.3 Å². The van der Waals surface area contributed by atoms with Gasteiger partial charge in [0.2, 0.25) is 0 Å². The van der Waals surface area contributed by atoms with Crippen LogP contribution in [-0.2, 0) is 9.59 Å². The van der Waals surface area contributed by atoms with E-state index in [-0.39, 0.29) is 24.5 Å². The summed E-state index contributed by atoms with van der Waals surface area (Å²) in [7, 11) is 0. The van der Waals surface area contributed by atoms with E-state index >= 15 is 0 Å². The van der Waals surface area contributed by atoms with Gasteiger partial charge in [0.25, 0.3) is 0 Å². The zero-order chi connectivity index (χ0) is 20.8. The zero-order valence-electron chi connectivity index (χ0n) is 16.3. The van der Waals surface area contributed by atoms with E-state index in [2.05, 4.69) is 0 Å². The number of unbranched alkanes of at least 4 members (excludes halogenated alkanes) is 3. The summed E-state index contributed by atoms with van der Waals surface area (Å²) in [5.41, 5.74) is 0. The molecule has 1 aliphatic carbocycles. The summed E-state index contributed by atoms with van der Waals surface area (Å²) < 4.78 is 15.5. The summed E-state index contributed by atoms with van der Waals surface area (Å²) in [5.74, 6) is -1.74. The Bertz CT molecular complexity index is 842. The maximum Gasteiger partial charge on any atom is 0.303 e. The second-order valence-corrected chi connectivity index (χ2v) is 8.85. The number of carbonyl (C=O) groups excluding carboxylic acids is 1. The first-order chi connectivity index (χ1) is 14.0. The van der Waals surface area contributed by atoms with Gasteiger partial charge in [-0.15, -0.1) is 11.3 Å². The zero-order valence-corrected chi connectivity index (χ0v) is 17.1. The number of carbonyl (C=O) groups is 2. The number of carboxylic acid groups (broad SMARTS) is 1. The highest BCUT2D eigenvalue weighted by Gasteiger charge is 2.40. The SMILES string of the molecule is O=C(O)CCCCCC[C@@H]1[C@H](C=C[C@@H](O)c2cc3ccccc3s2)C(=O)C[C@@H]1F. The van der Waals surface area contributed by atoms with E-state index in [9.17, 15) is 19.1 Å². The van der Waals surface area contributed by atoms with Gasteiger partial charge in [-0.3, -0.25) is 9.59 Å². The summed E-state index contributed by atoms with van der Waals surface area (Å²) >= 11 is 1.51. The molecule has 2 N–H and O–H groups in total. The molecule has 0 bridgehead atoms. The summed E-state index contributed by atoms with van der Waals surface area (Å²) in [4.78, 5) is 23.6. The molecule has 4 nitrogen and oxygen atoms in total. The minimum atomic E-state index is -1.14. The van der Waals surface area contributed by atoms with Crippen molar-refractivity contribution in [1.29, 1.82) is 0 Å². The number of ketones is 1. The third-order valence-electron chi connectivity index (χ3n) is 5.61. The van der Waals surface area contributed by atoms with Crippen molar-refractivity contribution in [2.75, 3.05) is 0 Å². The van der Waals surface area contributed by atoms with Crippen LogP contribution in [0.15, 0.2) is 42.5 Å². The lowest BCUT2D eigenvalue weighted by molar-refractivity contribution is -0.137. The van der Waals surface area contributed by atoms with Gasteiger partial charge in [-0.1, -0.05) is 49.6 Å². The van der Waals surface area contributed by atoms with Crippen LogP contribution in [-0.4, -0.2) is 28.1 Å². The number of benzene rings is 1. The predicted octanol–water partition coefficient (Wildman–Crippen LogP) is 5.46. The maximum absolute atomic E-state index is 14.4. The Hall–Kier alpha value is -2.05. The van der Waals surface area contributed by atoms with Gasteiger partial charge >= 0.3 is 5.97 Å². The van der Waals surface area contributed by atoms with Gasteiger partial charge in [-0.25, -0.2) is 4.39 Å². The molecule has 0 amide bonds. The predicted molar refractivity (Wildman–Crippen MR) is 113 cm³/mol. The molecule has 2 aromatic rings. The molecule has 3 rings (SSSR count). The van der Waals surface area contributed by atoms with Gasteiger partial charge < -0.3 is 10.2 Å². The van der Waals surface area contributed by atoms with Crippen molar-refractivity contribution in [3.63, 3.8) is 0 Å². The molecule has 0 saturated heterocycles. The first-order valence-electron chi connectivity index (χ1n) is 10.2. The maximum atomic E-state index is 14.4. The first kappa shape index (κ1) is 21.7. The van der Waals surface area contributed by atoms with E-state index in [1.54, 1.807) is 12.2 Å². The van der Waals surface area contributed by atoms with Crippen molar-refractivity contribution in [3.8, 4) is 0 Å². The number of aliphatic hydroxyl groups is 1. The van der Waals surface area contributed by atoms with Crippen LogP contribution in [0, 0.1) is 11.8 Å².